The van der Waals surface area contributed by atoms with Gasteiger partial charge in [0.2, 0.25) is 0 Å². The van der Waals surface area contributed by atoms with E-state index in [1.165, 1.54) is 5.57 Å². The highest BCUT2D eigenvalue weighted by Gasteiger charge is 2.43. The Balaban J connectivity index is 1.96. The molecule has 0 saturated carbocycles. The van der Waals surface area contributed by atoms with E-state index in [4.69, 9.17) is 9.47 Å². The number of alkyl halides is 1. The molecule has 3 nitrogen and oxygen atoms in total. The molecule has 2 saturated heterocycles. The number of hydrogen-bond acceptors (Lipinski definition) is 3. The fourth-order valence-corrected chi connectivity index (χ4v) is 3.65. The third kappa shape index (κ3) is 1.89. The molecular weight excluding hydrogens is 343 g/mol. The smallest absolute Gasteiger partial charge is 0.306 e. The van der Waals surface area contributed by atoms with Crippen molar-refractivity contribution in [1.82, 2.24) is 0 Å². The van der Waals surface area contributed by atoms with E-state index in [-0.39, 0.29) is 18.2 Å². The van der Waals surface area contributed by atoms with Gasteiger partial charge in [-0.05, 0) is 18.4 Å². The van der Waals surface area contributed by atoms with Crippen LogP contribution >= 0.6 is 22.6 Å². The Hall–Kier alpha value is -0.520. The first-order chi connectivity index (χ1) is 8.60. The average Bonchev–Trinajstić information content (AvgIpc) is 2.74. The normalized spacial score (nSPS) is 38.6. The highest BCUT2D eigenvalue weighted by Crippen LogP contribution is 2.44. The van der Waals surface area contributed by atoms with Crippen LogP contribution in [0.2, 0.25) is 0 Å². The van der Waals surface area contributed by atoms with Crippen molar-refractivity contribution in [2.45, 2.75) is 38.9 Å². The SMILES string of the molecule is CC1=C2OC(CI)CC2=CC2C(C)CC(=O)OC12. The number of rotatable bonds is 1. The molecule has 0 N–H and O–H groups in total. The maximum absolute atomic E-state index is 11.6. The molecule has 18 heavy (non-hydrogen) atoms. The third-order valence-electron chi connectivity index (χ3n) is 4.13. The summed E-state index contributed by atoms with van der Waals surface area (Å²) in [6.45, 7) is 4.18. The highest BCUT2D eigenvalue weighted by atomic mass is 127. The third-order valence-corrected chi connectivity index (χ3v) is 5.11. The molecule has 2 aliphatic heterocycles. The molecular formula is C14H17IO3. The minimum atomic E-state index is -0.104. The molecule has 0 aromatic carbocycles. The Morgan fingerprint density at radius 1 is 1.39 bits per heavy atom. The van der Waals surface area contributed by atoms with Crippen LogP contribution < -0.4 is 0 Å². The van der Waals surface area contributed by atoms with E-state index in [1.54, 1.807) is 0 Å². The average molecular weight is 360 g/mol. The lowest BCUT2D eigenvalue weighted by atomic mass is 9.76. The zero-order chi connectivity index (χ0) is 12.9. The summed E-state index contributed by atoms with van der Waals surface area (Å²) in [7, 11) is 0. The van der Waals surface area contributed by atoms with E-state index in [9.17, 15) is 4.79 Å². The number of ether oxygens (including phenoxy) is 2. The molecule has 0 aromatic heterocycles. The van der Waals surface area contributed by atoms with Gasteiger partial charge in [-0.25, -0.2) is 0 Å². The molecule has 98 valence electrons. The van der Waals surface area contributed by atoms with E-state index < -0.39 is 0 Å². The van der Waals surface area contributed by atoms with Crippen LogP contribution in [0, 0.1) is 11.8 Å². The molecule has 3 rings (SSSR count). The summed E-state index contributed by atoms with van der Waals surface area (Å²) in [5.74, 6) is 1.60. The number of esters is 1. The van der Waals surface area contributed by atoms with Crippen molar-refractivity contribution in [3.8, 4) is 0 Å². The predicted octanol–water partition coefficient (Wildman–Crippen LogP) is 2.99. The zero-order valence-corrected chi connectivity index (χ0v) is 12.8. The summed E-state index contributed by atoms with van der Waals surface area (Å²) < 4.78 is 12.5. The van der Waals surface area contributed by atoms with Crippen LogP contribution in [0.15, 0.2) is 23.0 Å². The Bertz CT molecular complexity index is 452. The number of allylic oxidation sites excluding steroid dienone is 1. The van der Waals surface area contributed by atoms with E-state index in [0.717, 1.165) is 22.2 Å². The fourth-order valence-electron chi connectivity index (χ4n) is 3.15. The second kappa shape index (κ2) is 4.54. The summed E-state index contributed by atoms with van der Waals surface area (Å²) in [4.78, 5) is 11.6. The Morgan fingerprint density at radius 2 is 2.17 bits per heavy atom. The Morgan fingerprint density at radius 3 is 2.89 bits per heavy atom. The Kier molecular flexibility index (Phi) is 3.16. The number of halogens is 1. The number of carbonyl (C=O) groups is 1. The molecule has 3 aliphatic rings. The summed E-state index contributed by atoms with van der Waals surface area (Å²) in [5, 5.41) is 0. The first-order valence-corrected chi connectivity index (χ1v) is 7.96. The van der Waals surface area contributed by atoms with Gasteiger partial charge in [0.15, 0.2) is 0 Å². The predicted molar refractivity (Wildman–Crippen MR) is 76.3 cm³/mol. The van der Waals surface area contributed by atoms with Gasteiger partial charge in [-0.2, -0.15) is 0 Å². The molecule has 4 heteroatoms. The van der Waals surface area contributed by atoms with Crippen LogP contribution in [0.5, 0.6) is 0 Å². The van der Waals surface area contributed by atoms with Gasteiger partial charge in [0.1, 0.15) is 18.0 Å². The number of carbonyl (C=O) groups excluding carboxylic acids is 1. The van der Waals surface area contributed by atoms with Gasteiger partial charge >= 0.3 is 5.97 Å². The lowest BCUT2D eigenvalue weighted by Gasteiger charge is -2.37. The zero-order valence-electron chi connectivity index (χ0n) is 10.6. The molecule has 0 radical (unpaired) electrons. The quantitative estimate of drug-likeness (QED) is 0.410. The van der Waals surface area contributed by atoms with Gasteiger partial charge in [-0.1, -0.05) is 35.6 Å². The minimum absolute atomic E-state index is 0.0796. The maximum atomic E-state index is 11.6. The van der Waals surface area contributed by atoms with Crippen LogP contribution in [0.3, 0.4) is 0 Å². The Labute approximate surface area is 121 Å². The van der Waals surface area contributed by atoms with Crippen LogP contribution in [0.4, 0.5) is 0 Å². The summed E-state index contributed by atoms with van der Waals surface area (Å²) in [5.41, 5.74) is 2.42. The molecule has 2 heterocycles. The second-order valence-electron chi connectivity index (χ2n) is 5.47. The van der Waals surface area contributed by atoms with E-state index in [0.29, 0.717) is 18.3 Å². The van der Waals surface area contributed by atoms with Gasteiger partial charge in [0, 0.05) is 28.8 Å². The number of hydrogen-bond donors (Lipinski definition) is 0. The first-order valence-electron chi connectivity index (χ1n) is 6.44. The van der Waals surface area contributed by atoms with E-state index >= 15 is 0 Å². The van der Waals surface area contributed by atoms with Crippen LogP contribution in [-0.4, -0.2) is 22.6 Å². The van der Waals surface area contributed by atoms with Crippen LogP contribution in [-0.2, 0) is 14.3 Å². The van der Waals surface area contributed by atoms with Gasteiger partial charge < -0.3 is 9.47 Å². The molecule has 0 aromatic rings. The highest BCUT2D eigenvalue weighted by molar-refractivity contribution is 14.1. The van der Waals surface area contributed by atoms with E-state index in [2.05, 4.69) is 35.6 Å². The minimum Gasteiger partial charge on any atom is -0.489 e. The van der Waals surface area contributed by atoms with Crippen LogP contribution in [0.1, 0.15) is 26.7 Å². The van der Waals surface area contributed by atoms with Crippen molar-refractivity contribution in [2.24, 2.45) is 11.8 Å². The van der Waals surface area contributed by atoms with Crippen molar-refractivity contribution in [3.63, 3.8) is 0 Å². The molecule has 0 spiro atoms. The molecule has 4 atom stereocenters. The van der Waals surface area contributed by atoms with Gasteiger partial charge in [-0.15, -0.1) is 0 Å². The van der Waals surface area contributed by atoms with Crippen LogP contribution in [0.25, 0.3) is 0 Å². The monoisotopic (exact) mass is 360 g/mol. The van der Waals surface area contributed by atoms with Crippen molar-refractivity contribution >= 4 is 28.6 Å². The summed E-state index contributed by atoms with van der Waals surface area (Å²) in [6, 6.07) is 0. The number of fused-ring (bicyclic) bond motifs is 2. The first kappa shape index (κ1) is 12.5. The maximum Gasteiger partial charge on any atom is 0.306 e. The van der Waals surface area contributed by atoms with Gasteiger partial charge in [0.05, 0.1) is 0 Å². The van der Waals surface area contributed by atoms with Crippen molar-refractivity contribution in [1.29, 1.82) is 0 Å². The summed E-state index contributed by atoms with van der Waals surface area (Å²) in [6.07, 6.45) is 4.00. The molecule has 4 unspecified atom stereocenters. The summed E-state index contributed by atoms with van der Waals surface area (Å²) >= 11 is 2.36. The van der Waals surface area contributed by atoms with Gasteiger partial charge in [0.25, 0.3) is 0 Å². The van der Waals surface area contributed by atoms with E-state index in [1.807, 2.05) is 6.92 Å². The van der Waals surface area contributed by atoms with Crippen molar-refractivity contribution in [3.05, 3.63) is 23.0 Å². The standard InChI is InChI=1S/C14H17IO3/c1-7-3-12(16)18-14-8(2)13-9(5-11(7)14)4-10(6-15)17-13/h5,7,10-11,14H,3-4,6H2,1-2H3. The fraction of sp³-hybridized carbons (Fsp3) is 0.643. The second-order valence-corrected chi connectivity index (χ2v) is 6.35. The molecule has 0 bridgehead atoms. The van der Waals surface area contributed by atoms with Gasteiger partial charge in [-0.3, -0.25) is 4.79 Å². The lowest BCUT2D eigenvalue weighted by Crippen LogP contribution is -2.39. The topological polar surface area (TPSA) is 35.5 Å². The molecule has 2 fully saturated rings. The lowest BCUT2D eigenvalue weighted by molar-refractivity contribution is -0.157. The molecule has 0 amide bonds. The molecule has 1 aliphatic carbocycles. The largest absolute Gasteiger partial charge is 0.489 e. The van der Waals surface area contributed by atoms with Crippen molar-refractivity contribution in [2.75, 3.05) is 4.43 Å². The van der Waals surface area contributed by atoms with Crippen molar-refractivity contribution < 1.29 is 14.3 Å².